The summed E-state index contributed by atoms with van der Waals surface area (Å²) in [6.07, 6.45) is 0. The molecule has 0 bridgehead atoms. The second kappa shape index (κ2) is 9.27. The van der Waals surface area contributed by atoms with E-state index in [1.165, 1.54) is 11.1 Å². The van der Waals surface area contributed by atoms with Crippen molar-refractivity contribution in [1.29, 1.82) is 0 Å². The third kappa shape index (κ3) is 6.38. The van der Waals surface area contributed by atoms with Gasteiger partial charge in [0.2, 0.25) is 0 Å². The molecule has 0 fully saturated rings. The molecule has 0 spiro atoms. The third-order valence-corrected chi connectivity index (χ3v) is 3.51. The Labute approximate surface area is 137 Å². The second-order valence-corrected chi connectivity index (χ2v) is 5.63. The number of nitrogens with two attached hydrogens (primary N) is 1. The van der Waals surface area contributed by atoms with Gasteiger partial charge >= 0.3 is 0 Å². The molecule has 0 aliphatic heterocycles. The molecule has 0 radical (unpaired) electrons. The maximum absolute atomic E-state index is 8.34. The SMILES string of the molecule is Cc1ccc(Nc2ccccc2)cc1C.NC(CO)(CO)CO. The van der Waals surface area contributed by atoms with Crippen LogP contribution in [0.5, 0.6) is 0 Å². The van der Waals surface area contributed by atoms with Gasteiger partial charge in [0.15, 0.2) is 0 Å². The molecule has 6 N–H and O–H groups in total. The zero-order valence-electron chi connectivity index (χ0n) is 13.7. The summed E-state index contributed by atoms with van der Waals surface area (Å²) in [4.78, 5) is 0. The molecule has 0 heterocycles. The standard InChI is InChI=1S/C14H15N.C4H11NO3/c1-11-8-9-14(10-12(11)2)15-13-6-4-3-5-7-13;5-4(1-6,2-7)3-8/h3-10,15H,1-2H3;6-8H,1-3,5H2. The molecular weight excluding hydrogens is 292 g/mol. The van der Waals surface area contributed by atoms with E-state index in [2.05, 4.69) is 49.5 Å². The topological polar surface area (TPSA) is 98.7 Å². The van der Waals surface area contributed by atoms with Gasteiger partial charge < -0.3 is 26.4 Å². The molecule has 0 saturated heterocycles. The molecule has 0 amide bonds. The minimum atomic E-state index is -1.21. The predicted octanol–water partition coefficient (Wildman–Crippen LogP) is 1.71. The van der Waals surface area contributed by atoms with Gasteiger partial charge in [-0.25, -0.2) is 0 Å². The Morgan fingerprint density at radius 3 is 1.83 bits per heavy atom. The summed E-state index contributed by atoms with van der Waals surface area (Å²) in [6, 6.07) is 16.6. The maximum Gasteiger partial charge on any atom is 0.0856 e. The average molecular weight is 318 g/mol. The van der Waals surface area contributed by atoms with Gasteiger partial charge in [0, 0.05) is 11.4 Å². The van der Waals surface area contributed by atoms with Gasteiger partial charge in [0.1, 0.15) is 0 Å². The number of nitrogens with one attached hydrogen (secondary N) is 1. The fourth-order valence-electron chi connectivity index (χ4n) is 1.66. The molecule has 5 nitrogen and oxygen atoms in total. The van der Waals surface area contributed by atoms with Crippen LogP contribution in [0.2, 0.25) is 0 Å². The van der Waals surface area contributed by atoms with Gasteiger partial charge in [0.25, 0.3) is 0 Å². The highest BCUT2D eigenvalue weighted by molar-refractivity contribution is 5.60. The van der Waals surface area contributed by atoms with Crippen LogP contribution in [0, 0.1) is 13.8 Å². The normalized spacial score (nSPS) is 10.7. The molecule has 23 heavy (non-hydrogen) atoms. The van der Waals surface area contributed by atoms with Crippen LogP contribution < -0.4 is 11.1 Å². The fraction of sp³-hybridized carbons (Fsp3) is 0.333. The van der Waals surface area contributed by atoms with Crippen LogP contribution in [0.15, 0.2) is 48.5 Å². The van der Waals surface area contributed by atoms with Crippen molar-refractivity contribution in [1.82, 2.24) is 0 Å². The van der Waals surface area contributed by atoms with Crippen LogP contribution in [0.1, 0.15) is 11.1 Å². The zero-order chi connectivity index (χ0) is 17.3. The Balaban J connectivity index is 0.000000284. The van der Waals surface area contributed by atoms with E-state index >= 15 is 0 Å². The molecule has 0 aliphatic carbocycles. The summed E-state index contributed by atoms with van der Waals surface area (Å²) in [7, 11) is 0. The third-order valence-electron chi connectivity index (χ3n) is 3.51. The minimum absolute atomic E-state index is 0.403. The molecule has 0 aromatic heterocycles. The number of benzene rings is 2. The van der Waals surface area contributed by atoms with Crippen LogP contribution in [-0.2, 0) is 0 Å². The lowest BCUT2D eigenvalue weighted by atomic mass is 10.1. The molecule has 2 aromatic carbocycles. The van der Waals surface area contributed by atoms with Crippen molar-refractivity contribution in [3.05, 3.63) is 59.7 Å². The van der Waals surface area contributed by atoms with Gasteiger partial charge in [-0.15, -0.1) is 0 Å². The molecule has 0 unspecified atom stereocenters. The Kier molecular flexibility index (Phi) is 7.71. The van der Waals surface area contributed by atoms with Crippen LogP contribution >= 0.6 is 0 Å². The first kappa shape index (κ1) is 19.1. The average Bonchev–Trinajstić information content (AvgIpc) is 2.59. The first-order chi connectivity index (χ1) is 10.9. The lowest BCUT2D eigenvalue weighted by Crippen LogP contribution is -2.50. The molecule has 5 heteroatoms. The highest BCUT2D eigenvalue weighted by Gasteiger charge is 2.20. The largest absolute Gasteiger partial charge is 0.394 e. The highest BCUT2D eigenvalue weighted by Crippen LogP contribution is 2.18. The number of anilines is 2. The van der Waals surface area contributed by atoms with Gasteiger partial charge in [-0.3, -0.25) is 0 Å². The summed E-state index contributed by atoms with van der Waals surface area (Å²) >= 11 is 0. The van der Waals surface area contributed by atoms with Crippen molar-refractivity contribution in [2.24, 2.45) is 5.73 Å². The first-order valence-corrected chi connectivity index (χ1v) is 7.45. The second-order valence-electron chi connectivity index (χ2n) is 5.63. The van der Waals surface area contributed by atoms with Crippen LogP contribution in [-0.4, -0.2) is 40.7 Å². The summed E-state index contributed by atoms with van der Waals surface area (Å²) in [5.41, 5.74) is 8.85. The number of hydrogen-bond donors (Lipinski definition) is 5. The van der Waals surface area contributed by atoms with E-state index in [0.717, 1.165) is 11.4 Å². The van der Waals surface area contributed by atoms with Gasteiger partial charge in [-0.2, -0.15) is 0 Å². The molecule has 126 valence electrons. The van der Waals surface area contributed by atoms with Crippen molar-refractivity contribution in [2.45, 2.75) is 19.4 Å². The van der Waals surface area contributed by atoms with Crippen LogP contribution in [0.25, 0.3) is 0 Å². The van der Waals surface area contributed by atoms with Crippen molar-refractivity contribution < 1.29 is 15.3 Å². The smallest absolute Gasteiger partial charge is 0.0856 e. The van der Waals surface area contributed by atoms with E-state index in [1.807, 2.05) is 18.2 Å². The van der Waals surface area contributed by atoms with Crippen molar-refractivity contribution in [2.75, 3.05) is 25.1 Å². The number of aliphatic hydroxyl groups is 3. The van der Waals surface area contributed by atoms with Crippen molar-refractivity contribution in [3.8, 4) is 0 Å². The summed E-state index contributed by atoms with van der Waals surface area (Å²) in [5, 5.41) is 28.4. The summed E-state index contributed by atoms with van der Waals surface area (Å²) in [5.74, 6) is 0. The lowest BCUT2D eigenvalue weighted by Gasteiger charge is -2.20. The van der Waals surface area contributed by atoms with E-state index in [4.69, 9.17) is 21.1 Å². The van der Waals surface area contributed by atoms with E-state index < -0.39 is 25.4 Å². The summed E-state index contributed by atoms with van der Waals surface area (Å²) in [6.45, 7) is 3.05. The number of hydrogen-bond acceptors (Lipinski definition) is 5. The van der Waals surface area contributed by atoms with E-state index in [1.54, 1.807) is 0 Å². The quantitative estimate of drug-likeness (QED) is 0.578. The lowest BCUT2D eigenvalue weighted by molar-refractivity contribution is 0.0698. The zero-order valence-corrected chi connectivity index (χ0v) is 13.7. The maximum atomic E-state index is 8.34. The van der Waals surface area contributed by atoms with Crippen LogP contribution in [0.3, 0.4) is 0 Å². The van der Waals surface area contributed by atoms with Gasteiger partial charge in [-0.05, 0) is 49.2 Å². The number of aliphatic hydroxyl groups excluding tert-OH is 3. The monoisotopic (exact) mass is 318 g/mol. The molecule has 0 saturated carbocycles. The molecule has 0 atom stereocenters. The molecule has 2 aromatic rings. The van der Waals surface area contributed by atoms with Gasteiger partial charge in [-0.1, -0.05) is 24.3 Å². The number of para-hydroxylation sites is 1. The number of rotatable bonds is 5. The molecule has 0 aliphatic rings. The van der Waals surface area contributed by atoms with Crippen molar-refractivity contribution in [3.63, 3.8) is 0 Å². The van der Waals surface area contributed by atoms with Crippen LogP contribution in [0.4, 0.5) is 11.4 Å². The summed E-state index contributed by atoms with van der Waals surface area (Å²) < 4.78 is 0. The Bertz CT molecular complexity index is 576. The fourth-order valence-corrected chi connectivity index (χ4v) is 1.66. The van der Waals surface area contributed by atoms with Crippen molar-refractivity contribution >= 4 is 11.4 Å². The van der Waals surface area contributed by atoms with E-state index in [0.29, 0.717) is 0 Å². The Morgan fingerprint density at radius 1 is 0.826 bits per heavy atom. The Morgan fingerprint density at radius 2 is 1.39 bits per heavy atom. The molecular formula is C18H26N2O3. The van der Waals surface area contributed by atoms with Gasteiger partial charge in [0.05, 0.1) is 25.4 Å². The van der Waals surface area contributed by atoms with E-state index in [9.17, 15) is 0 Å². The Hall–Kier alpha value is -1.92. The number of aryl methyl sites for hydroxylation is 2. The molecule has 2 rings (SSSR count). The predicted molar refractivity (Wildman–Crippen MR) is 93.8 cm³/mol. The van der Waals surface area contributed by atoms with E-state index in [-0.39, 0.29) is 0 Å². The first-order valence-electron chi connectivity index (χ1n) is 7.45. The minimum Gasteiger partial charge on any atom is -0.394 e. The highest BCUT2D eigenvalue weighted by atomic mass is 16.3.